The average Bonchev–Trinajstić information content (AvgIpc) is 2.99. The van der Waals surface area contributed by atoms with E-state index in [4.69, 9.17) is 4.74 Å². The van der Waals surface area contributed by atoms with Gasteiger partial charge in [-0.15, -0.1) is 0 Å². The van der Waals surface area contributed by atoms with E-state index in [2.05, 4.69) is 26.0 Å². The molecule has 0 bridgehead atoms. The summed E-state index contributed by atoms with van der Waals surface area (Å²) in [6.45, 7) is 1.91. The maximum atomic E-state index is 12.7. The van der Waals surface area contributed by atoms with E-state index in [1.807, 2.05) is 31.2 Å². The number of hydrogen-bond acceptors (Lipinski definition) is 7. The monoisotopic (exact) mass is 588 g/mol. The second-order valence-electron chi connectivity index (χ2n) is 9.77. The Morgan fingerprint density at radius 2 is 1.33 bits per heavy atom. The highest BCUT2D eigenvalue weighted by atomic mass is 16.5. The number of urea groups is 1. The van der Waals surface area contributed by atoms with Crippen LogP contribution in [0.15, 0.2) is 72.8 Å². The molecule has 0 saturated heterocycles. The van der Waals surface area contributed by atoms with Gasteiger partial charge in [0.25, 0.3) is 0 Å². The number of esters is 2. The summed E-state index contributed by atoms with van der Waals surface area (Å²) in [5, 5.41) is 11.2. The molecular weight excluding hydrogens is 552 g/mol. The smallest absolute Gasteiger partial charge is 0.323 e. The zero-order chi connectivity index (χ0) is 31.2. The maximum absolute atomic E-state index is 12.7. The molecular formula is C32H36N4O7. The number of aryl methyl sites for hydroxylation is 1. The maximum Gasteiger partial charge on any atom is 0.323 e. The predicted molar refractivity (Wildman–Crippen MR) is 162 cm³/mol. The highest BCUT2D eigenvalue weighted by Gasteiger charge is 2.19. The molecule has 4 amide bonds. The Bertz CT molecular complexity index is 1420. The van der Waals surface area contributed by atoms with Crippen LogP contribution in [0, 0.1) is 6.92 Å². The third-order valence-corrected chi connectivity index (χ3v) is 6.51. The molecule has 0 aliphatic carbocycles. The number of anilines is 3. The third-order valence-electron chi connectivity index (χ3n) is 6.51. The lowest BCUT2D eigenvalue weighted by Gasteiger charge is -2.19. The number of nitrogens with one attached hydrogen (secondary N) is 4. The summed E-state index contributed by atoms with van der Waals surface area (Å²) in [4.78, 5) is 60.6. The molecule has 1 atom stereocenters. The number of para-hydroxylation sites is 1. The van der Waals surface area contributed by atoms with Crippen LogP contribution in [0.1, 0.15) is 48.4 Å². The molecule has 0 aliphatic heterocycles. The number of carbonyl (C=O) groups excluding carboxylic acids is 5. The molecule has 11 heteroatoms. The van der Waals surface area contributed by atoms with E-state index in [0.29, 0.717) is 23.4 Å². The number of carbonyl (C=O) groups is 5. The Morgan fingerprint density at radius 3 is 1.98 bits per heavy atom. The molecule has 226 valence electrons. The van der Waals surface area contributed by atoms with Crippen LogP contribution < -0.4 is 21.3 Å². The lowest BCUT2D eigenvalue weighted by Crippen LogP contribution is -2.30. The van der Waals surface area contributed by atoms with Crippen molar-refractivity contribution in [3.8, 4) is 0 Å². The normalized spacial score (nSPS) is 11.0. The second kappa shape index (κ2) is 16.3. The topological polar surface area (TPSA) is 152 Å². The van der Waals surface area contributed by atoms with Gasteiger partial charge in [0.1, 0.15) is 0 Å². The first-order valence-corrected chi connectivity index (χ1v) is 13.7. The quantitative estimate of drug-likeness (QED) is 0.208. The first kappa shape index (κ1) is 32.3. The van der Waals surface area contributed by atoms with Gasteiger partial charge in [0.05, 0.1) is 33.1 Å². The molecule has 4 N–H and O–H groups in total. The van der Waals surface area contributed by atoms with Crippen LogP contribution in [0.25, 0.3) is 0 Å². The summed E-state index contributed by atoms with van der Waals surface area (Å²) in [7, 11) is 2.55. The van der Waals surface area contributed by atoms with Crippen LogP contribution in [-0.4, -0.2) is 44.0 Å². The minimum Gasteiger partial charge on any atom is -0.469 e. The van der Waals surface area contributed by atoms with E-state index >= 15 is 0 Å². The molecule has 0 spiro atoms. The number of rotatable bonds is 13. The Labute approximate surface area is 250 Å². The summed E-state index contributed by atoms with van der Waals surface area (Å²) < 4.78 is 9.35. The van der Waals surface area contributed by atoms with Crippen molar-refractivity contribution in [3.05, 3.63) is 89.5 Å². The van der Waals surface area contributed by atoms with Crippen LogP contribution >= 0.6 is 0 Å². The van der Waals surface area contributed by atoms with E-state index < -0.39 is 18.0 Å². The van der Waals surface area contributed by atoms with Crippen molar-refractivity contribution in [1.82, 2.24) is 5.32 Å². The predicted octanol–water partition coefficient (Wildman–Crippen LogP) is 4.88. The summed E-state index contributed by atoms with van der Waals surface area (Å²) in [6.07, 6.45) is 0.565. The Morgan fingerprint density at radius 1 is 0.698 bits per heavy atom. The second-order valence-corrected chi connectivity index (χ2v) is 9.77. The summed E-state index contributed by atoms with van der Waals surface area (Å²) in [5.74, 6) is -1.45. The summed E-state index contributed by atoms with van der Waals surface area (Å²) in [5.41, 5.74) is 4.21. The molecule has 0 radical (unpaired) electrons. The van der Waals surface area contributed by atoms with Gasteiger partial charge in [-0.05, 0) is 60.4 Å². The van der Waals surface area contributed by atoms with Crippen molar-refractivity contribution in [2.75, 3.05) is 30.2 Å². The molecule has 0 saturated carbocycles. The van der Waals surface area contributed by atoms with Crippen molar-refractivity contribution in [2.24, 2.45) is 0 Å². The van der Waals surface area contributed by atoms with E-state index in [9.17, 15) is 24.0 Å². The molecule has 0 aliphatic rings. The Balaban J connectivity index is 1.52. The number of ether oxygens (including phenoxy) is 2. The fourth-order valence-electron chi connectivity index (χ4n) is 4.16. The van der Waals surface area contributed by atoms with E-state index in [1.54, 1.807) is 48.5 Å². The molecule has 11 nitrogen and oxygen atoms in total. The van der Waals surface area contributed by atoms with Crippen LogP contribution in [0.5, 0.6) is 0 Å². The zero-order valence-corrected chi connectivity index (χ0v) is 24.4. The van der Waals surface area contributed by atoms with Gasteiger partial charge >= 0.3 is 18.0 Å². The van der Waals surface area contributed by atoms with Crippen molar-refractivity contribution in [1.29, 1.82) is 0 Å². The number of benzene rings is 3. The molecule has 0 heterocycles. The molecule has 0 aromatic heterocycles. The van der Waals surface area contributed by atoms with E-state index in [0.717, 1.165) is 16.8 Å². The molecule has 0 fully saturated rings. The van der Waals surface area contributed by atoms with Crippen molar-refractivity contribution < 1.29 is 33.4 Å². The van der Waals surface area contributed by atoms with Gasteiger partial charge in [0, 0.05) is 29.9 Å². The van der Waals surface area contributed by atoms with Crippen molar-refractivity contribution >= 4 is 46.8 Å². The standard InChI is InChI=1S/C32H36N4O7/c1-21-7-4-5-8-26(21)36-32(41)34-25-15-11-22(12-16-25)19-29(38)33-24-17-13-23(14-18-24)27(20-31(40)43-3)35-28(37)9-6-10-30(39)42-2/h4-5,7-8,11-18,27H,6,9-10,19-20H2,1-3H3,(H,33,38)(H,35,37)(H2,34,36,41)/t27-/m1/s1. The fraction of sp³-hybridized carbons (Fsp3) is 0.281. The van der Waals surface area contributed by atoms with Gasteiger partial charge in [-0.1, -0.05) is 42.5 Å². The molecule has 3 aromatic carbocycles. The van der Waals surface area contributed by atoms with Gasteiger partial charge in [-0.25, -0.2) is 4.79 Å². The lowest BCUT2D eigenvalue weighted by molar-refractivity contribution is -0.141. The highest BCUT2D eigenvalue weighted by Crippen LogP contribution is 2.21. The lowest BCUT2D eigenvalue weighted by atomic mass is 10.0. The van der Waals surface area contributed by atoms with Crippen LogP contribution in [0.3, 0.4) is 0 Å². The van der Waals surface area contributed by atoms with Crippen LogP contribution in [-0.2, 0) is 35.1 Å². The third kappa shape index (κ3) is 11.0. The largest absolute Gasteiger partial charge is 0.469 e. The van der Waals surface area contributed by atoms with Gasteiger partial charge < -0.3 is 30.7 Å². The highest BCUT2D eigenvalue weighted by molar-refractivity contribution is 6.00. The Kier molecular flexibility index (Phi) is 12.3. The minimum atomic E-state index is -0.645. The van der Waals surface area contributed by atoms with Gasteiger partial charge in [-0.3, -0.25) is 19.2 Å². The van der Waals surface area contributed by atoms with Crippen molar-refractivity contribution in [2.45, 2.75) is 45.1 Å². The van der Waals surface area contributed by atoms with Crippen LogP contribution in [0.4, 0.5) is 21.9 Å². The molecule has 43 heavy (non-hydrogen) atoms. The first-order chi connectivity index (χ1) is 20.7. The number of amides is 4. The van der Waals surface area contributed by atoms with E-state index in [-0.39, 0.29) is 43.5 Å². The van der Waals surface area contributed by atoms with E-state index in [1.165, 1.54) is 14.2 Å². The van der Waals surface area contributed by atoms with Gasteiger partial charge in [-0.2, -0.15) is 0 Å². The number of methoxy groups -OCH3 is 2. The molecule has 3 rings (SSSR count). The van der Waals surface area contributed by atoms with Gasteiger partial charge in [0.15, 0.2) is 0 Å². The molecule has 0 unspecified atom stereocenters. The Hall–Kier alpha value is -5.19. The fourth-order valence-corrected chi connectivity index (χ4v) is 4.16. The first-order valence-electron chi connectivity index (χ1n) is 13.7. The number of hydrogen-bond donors (Lipinski definition) is 4. The van der Waals surface area contributed by atoms with Gasteiger partial charge in [0.2, 0.25) is 11.8 Å². The zero-order valence-electron chi connectivity index (χ0n) is 24.4. The van der Waals surface area contributed by atoms with Crippen LogP contribution in [0.2, 0.25) is 0 Å². The van der Waals surface area contributed by atoms with Crippen molar-refractivity contribution in [3.63, 3.8) is 0 Å². The summed E-state index contributed by atoms with van der Waals surface area (Å²) in [6, 6.07) is 20.2. The summed E-state index contributed by atoms with van der Waals surface area (Å²) >= 11 is 0. The average molecular weight is 589 g/mol. The SMILES string of the molecule is COC(=O)CCCC(=O)N[C@H](CC(=O)OC)c1ccc(NC(=O)Cc2ccc(NC(=O)Nc3ccccc3C)cc2)cc1. The molecule has 3 aromatic rings. The minimum absolute atomic E-state index is 0.0800.